The number of ether oxygens (including phenoxy) is 1. The molecule has 0 bridgehead atoms. The molecule has 0 amide bonds. The molecule has 0 saturated carbocycles. The number of nitrogens with zero attached hydrogens (tertiary/aromatic N) is 2. The van der Waals surface area contributed by atoms with Gasteiger partial charge >= 0.3 is 5.97 Å². The molecule has 0 spiro atoms. The summed E-state index contributed by atoms with van der Waals surface area (Å²) in [5.41, 5.74) is 1.14. The van der Waals surface area contributed by atoms with Crippen LogP contribution in [0.2, 0.25) is 0 Å². The second kappa shape index (κ2) is 8.34. The molecule has 0 aliphatic rings. The summed E-state index contributed by atoms with van der Waals surface area (Å²) in [6.07, 6.45) is 0.958. The molecule has 1 atom stereocenters. The average molecular weight is 311 g/mol. The van der Waals surface area contributed by atoms with Crippen molar-refractivity contribution < 1.29 is 9.53 Å². The summed E-state index contributed by atoms with van der Waals surface area (Å²) in [5, 5.41) is 3.97. The lowest BCUT2D eigenvalue weighted by Gasteiger charge is -2.27. The molecule has 0 aromatic carbocycles. The number of carbonyl (C=O) groups is 1. The third-order valence-electron chi connectivity index (χ3n) is 2.94. The Morgan fingerprint density at radius 1 is 1.33 bits per heavy atom. The molecule has 21 heavy (non-hydrogen) atoms. The summed E-state index contributed by atoms with van der Waals surface area (Å²) in [7, 11) is 0. The number of nitrogens with one attached hydrogen (secondary N) is 1. The van der Waals surface area contributed by atoms with Gasteiger partial charge in [-0.1, -0.05) is 18.7 Å². The van der Waals surface area contributed by atoms with Crippen molar-refractivity contribution in [2.45, 2.75) is 51.7 Å². The summed E-state index contributed by atoms with van der Waals surface area (Å²) >= 11 is 1.47. The maximum absolute atomic E-state index is 12.2. The molecule has 1 aromatic rings. The van der Waals surface area contributed by atoms with E-state index < -0.39 is 5.54 Å². The minimum Gasteiger partial charge on any atom is -0.465 e. The highest BCUT2D eigenvalue weighted by Gasteiger charge is 2.34. The minimum absolute atomic E-state index is 0.227. The van der Waals surface area contributed by atoms with E-state index in [1.54, 1.807) is 0 Å². The number of aryl methyl sites for hydroxylation is 2. The van der Waals surface area contributed by atoms with Crippen LogP contribution in [0.15, 0.2) is 11.2 Å². The summed E-state index contributed by atoms with van der Waals surface area (Å²) in [5.74, 6) is 0.310. The summed E-state index contributed by atoms with van der Waals surface area (Å²) in [6, 6.07) is 1.93. The van der Waals surface area contributed by atoms with Crippen LogP contribution in [0.4, 0.5) is 0 Å². The van der Waals surface area contributed by atoms with E-state index in [0.29, 0.717) is 17.5 Å². The zero-order valence-corrected chi connectivity index (χ0v) is 14.3. The Morgan fingerprint density at radius 2 is 1.95 bits per heavy atom. The molecule has 0 saturated heterocycles. The fourth-order valence-electron chi connectivity index (χ4n) is 1.84. The lowest BCUT2D eigenvalue weighted by Crippen LogP contribution is -2.53. The average Bonchev–Trinajstić information content (AvgIpc) is 2.42. The van der Waals surface area contributed by atoms with Crippen LogP contribution in [0.1, 0.15) is 38.6 Å². The van der Waals surface area contributed by atoms with E-state index in [2.05, 4.69) is 22.2 Å². The number of rotatable bonds is 8. The standard InChI is InChI=1S/C15H25N3O2S/c1-6-8-16-15(5,13(19)20-7-2)10-21-14-17-11(3)9-12(4)18-14/h9,16H,6-8,10H2,1-5H3. The number of esters is 1. The first-order valence-corrected chi connectivity index (χ1v) is 8.27. The van der Waals surface area contributed by atoms with Crippen molar-refractivity contribution >= 4 is 17.7 Å². The van der Waals surface area contributed by atoms with Crippen molar-refractivity contribution in [3.8, 4) is 0 Å². The molecule has 1 N–H and O–H groups in total. The van der Waals surface area contributed by atoms with E-state index >= 15 is 0 Å². The zero-order valence-electron chi connectivity index (χ0n) is 13.5. The van der Waals surface area contributed by atoms with Gasteiger partial charge in [-0.2, -0.15) is 0 Å². The van der Waals surface area contributed by atoms with Gasteiger partial charge in [0, 0.05) is 17.1 Å². The van der Waals surface area contributed by atoms with Gasteiger partial charge in [0.25, 0.3) is 0 Å². The van der Waals surface area contributed by atoms with Crippen LogP contribution in [0, 0.1) is 13.8 Å². The Morgan fingerprint density at radius 3 is 2.48 bits per heavy atom. The molecule has 118 valence electrons. The van der Waals surface area contributed by atoms with Gasteiger partial charge in [-0.15, -0.1) is 0 Å². The molecule has 1 heterocycles. The lowest BCUT2D eigenvalue weighted by molar-refractivity contribution is -0.149. The van der Waals surface area contributed by atoms with E-state index in [1.165, 1.54) is 11.8 Å². The van der Waals surface area contributed by atoms with Gasteiger partial charge < -0.3 is 10.1 Å². The predicted molar refractivity (Wildman–Crippen MR) is 85.6 cm³/mol. The molecule has 0 fully saturated rings. The van der Waals surface area contributed by atoms with Crippen LogP contribution in [0.25, 0.3) is 0 Å². The third-order valence-corrected chi connectivity index (χ3v) is 4.11. The van der Waals surface area contributed by atoms with Crippen LogP contribution in [0.3, 0.4) is 0 Å². The highest BCUT2D eigenvalue weighted by Crippen LogP contribution is 2.21. The van der Waals surface area contributed by atoms with Gasteiger partial charge in [0.05, 0.1) is 6.61 Å². The molecule has 5 nitrogen and oxygen atoms in total. The van der Waals surface area contributed by atoms with Crippen LogP contribution in [0.5, 0.6) is 0 Å². The molecule has 1 rings (SSSR count). The summed E-state index contributed by atoms with van der Waals surface area (Å²) in [6.45, 7) is 10.8. The topological polar surface area (TPSA) is 64.1 Å². The largest absolute Gasteiger partial charge is 0.465 e. The molecule has 6 heteroatoms. The van der Waals surface area contributed by atoms with Gasteiger partial charge in [0.2, 0.25) is 0 Å². The van der Waals surface area contributed by atoms with Gasteiger partial charge in [-0.3, -0.25) is 4.79 Å². The number of hydrogen-bond acceptors (Lipinski definition) is 6. The van der Waals surface area contributed by atoms with Crippen LogP contribution >= 0.6 is 11.8 Å². The van der Waals surface area contributed by atoms with Crippen molar-refractivity contribution in [3.63, 3.8) is 0 Å². The Labute approximate surface area is 131 Å². The van der Waals surface area contributed by atoms with Crippen molar-refractivity contribution in [2.75, 3.05) is 18.9 Å². The highest BCUT2D eigenvalue weighted by atomic mass is 32.2. The maximum Gasteiger partial charge on any atom is 0.326 e. The lowest BCUT2D eigenvalue weighted by atomic mass is 10.1. The Hall–Kier alpha value is -1.14. The minimum atomic E-state index is -0.725. The van der Waals surface area contributed by atoms with E-state index in [4.69, 9.17) is 4.74 Å². The maximum atomic E-state index is 12.2. The second-order valence-corrected chi connectivity index (χ2v) is 6.14. The molecule has 0 aliphatic heterocycles. The Balaban J connectivity index is 2.78. The second-order valence-electron chi connectivity index (χ2n) is 5.20. The normalized spacial score (nSPS) is 13.8. The van der Waals surface area contributed by atoms with E-state index in [-0.39, 0.29) is 5.97 Å². The molecule has 0 aliphatic carbocycles. The first kappa shape index (κ1) is 17.9. The van der Waals surface area contributed by atoms with Crippen LogP contribution < -0.4 is 5.32 Å². The molecular weight excluding hydrogens is 286 g/mol. The monoisotopic (exact) mass is 311 g/mol. The van der Waals surface area contributed by atoms with Gasteiger partial charge in [0.15, 0.2) is 5.16 Å². The smallest absolute Gasteiger partial charge is 0.326 e. The third kappa shape index (κ3) is 5.63. The predicted octanol–water partition coefficient (Wildman–Crippen LogP) is 2.51. The van der Waals surface area contributed by atoms with Crippen molar-refractivity contribution in [1.29, 1.82) is 0 Å². The zero-order chi connectivity index (χ0) is 15.9. The Bertz CT molecular complexity index is 462. The number of thioether (sulfide) groups is 1. The SMILES string of the molecule is CCCNC(C)(CSc1nc(C)cc(C)n1)C(=O)OCC. The van der Waals surface area contributed by atoms with E-state index in [9.17, 15) is 4.79 Å². The fourth-order valence-corrected chi connectivity index (χ4v) is 2.90. The quantitative estimate of drug-likeness (QED) is 0.452. The Kier molecular flexibility index (Phi) is 7.11. The van der Waals surface area contributed by atoms with Crippen LogP contribution in [-0.2, 0) is 9.53 Å². The van der Waals surface area contributed by atoms with Gasteiger partial charge in [-0.25, -0.2) is 9.97 Å². The first-order valence-electron chi connectivity index (χ1n) is 7.28. The van der Waals surface area contributed by atoms with Gasteiger partial charge in [-0.05, 0) is 46.7 Å². The van der Waals surface area contributed by atoms with E-state index in [0.717, 1.165) is 24.4 Å². The molecular formula is C15H25N3O2S. The molecule has 1 aromatic heterocycles. The van der Waals surface area contributed by atoms with Crippen LogP contribution in [-0.4, -0.2) is 40.4 Å². The first-order chi connectivity index (χ1) is 9.91. The fraction of sp³-hybridized carbons (Fsp3) is 0.667. The number of hydrogen-bond donors (Lipinski definition) is 1. The number of carbonyl (C=O) groups excluding carboxylic acids is 1. The van der Waals surface area contributed by atoms with Crippen molar-refractivity contribution in [1.82, 2.24) is 15.3 Å². The molecule has 1 unspecified atom stereocenters. The molecule has 0 radical (unpaired) electrons. The van der Waals surface area contributed by atoms with Crippen molar-refractivity contribution in [3.05, 3.63) is 17.5 Å². The summed E-state index contributed by atoms with van der Waals surface area (Å²) in [4.78, 5) is 21.0. The number of aromatic nitrogens is 2. The summed E-state index contributed by atoms with van der Waals surface area (Å²) < 4.78 is 5.18. The van der Waals surface area contributed by atoms with Crippen molar-refractivity contribution in [2.24, 2.45) is 0 Å². The van der Waals surface area contributed by atoms with E-state index in [1.807, 2.05) is 33.8 Å². The highest BCUT2D eigenvalue weighted by molar-refractivity contribution is 7.99. The van der Waals surface area contributed by atoms with Gasteiger partial charge in [0.1, 0.15) is 5.54 Å².